The molecule has 0 unspecified atom stereocenters. The zero-order chi connectivity index (χ0) is 6.57. The zero-order valence-corrected chi connectivity index (χ0v) is 4.69. The summed E-state index contributed by atoms with van der Waals surface area (Å²) >= 11 is 0. The third-order valence-electron chi connectivity index (χ3n) is 0.591. The second-order valence-electron chi connectivity index (χ2n) is 1.40. The maximum absolute atomic E-state index is 10.4. The van der Waals surface area contributed by atoms with Crippen LogP contribution < -0.4 is 5.32 Å². The number of nitrogens with one attached hydrogen (secondary N) is 2. The van der Waals surface area contributed by atoms with Crippen molar-refractivity contribution >= 4 is 12.2 Å². The Hall–Kier alpha value is -1.12. The molecule has 0 radical (unpaired) electrons. The Morgan fingerprint density at radius 3 is 2.50 bits per heavy atom. The van der Waals surface area contributed by atoms with Gasteiger partial charge in [-0.1, -0.05) is 6.58 Å². The topological polar surface area (TPSA) is 53.0 Å². The first-order valence-corrected chi connectivity index (χ1v) is 2.14. The SMILES string of the molecule is C=C(C)C(=O)NC=N. The van der Waals surface area contributed by atoms with Gasteiger partial charge < -0.3 is 5.32 Å². The lowest BCUT2D eigenvalue weighted by atomic mass is 10.3. The fourth-order valence-corrected chi connectivity index (χ4v) is 0.189. The number of carbonyl (C=O) groups is 1. The molecule has 0 aromatic heterocycles. The summed E-state index contributed by atoms with van der Waals surface area (Å²) in [5.41, 5.74) is 0.411. The quantitative estimate of drug-likeness (QED) is 0.301. The molecular weight excluding hydrogens is 104 g/mol. The van der Waals surface area contributed by atoms with E-state index < -0.39 is 0 Å². The molecule has 0 spiro atoms. The van der Waals surface area contributed by atoms with Crippen LogP contribution in [0.15, 0.2) is 12.2 Å². The number of hydrogen-bond donors (Lipinski definition) is 2. The number of carbonyl (C=O) groups excluding carboxylic acids is 1. The molecule has 0 aromatic rings. The minimum Gasteiger partial charge on any atom is -0.314 e. The molecule has 1 amide bonds. The van der Waals surface area contributed by atoms with Crippen LogP contribution in [0, 0.1) is 5.41 Å². The van der Waals surface area contributed by atoms with E-state index in [4.69, 9.17) is 5.41 Å². The molecule has 0 fully saturated rings. The molecule has 0 saturated heterocycles. The first-order valence-electron chi connectivity index (χ1n) is 2.14. The Kier molecular flexibility index (Phi) is 2.54. The molecule has 8 heavy (non-hydrogen) atoms. The first-order chi connectivity index (χ1) is 3.68. The minimum atomic E-state index is -0.306. The highest BCUT2D eigenvalue weighted by atomic mass is 16.1. The van der Waals surface area contributed by atoms with Gasteiger partial charge in [0.1, 0.15) is 0 Å². The fraction of sp³-hybridized carbons (Fsp3) is 0.200. The van der Waals surface area contributed by atoms with Crippen LogP contribution in [0.4, 0.5) is 0 Å². The normalized spacial score (nSPS) is 7.62. The predicted octanol–water partition coefficient (Wildman–Crippen LogP) is 0.286. The van der Waals surface area contributed by atoms with Gasteiger partial charge in [-0.2, -0.15) is 0 Å². The third-order valence-corrected chi connectivity index (χ3v) is 0.591. The lowest BCUT2D eigenvalue weighted by Crippen LogP contribution is -2.20. The Bertz CT molecular complexity index is 128. The first kappa shape index (κ1) is 6.88. The predicted molar refractivity (Wildman–Crippen MR) is 31.7 cm³/mol. The molecule has 3 heteroatoms. The van der Waals surface area contributed by atoms with Crippen molar-refractivity contribution in [3.05, 3.63) is 12.2 Å². The van der Waals surface area contributed by atoms with Crippen LogP contribution in [0.2, 0.25) is 0 Å². The van der Waals surface area contributed by atoms with Crippen LogP contribution in [-0.4, -0.2) is 12.2 Å². The summed E-state index contributed by atoms with van der Waals surface area (Å²) in [4.78, 5) is 10.4. The molecule has 0 rings (SSSR count). The molecule has 0 saturated carbocycles. The van der Waals surface area contributed by atoms with Gasteiger partial charge in [0.05, 0.1) is 6.34 Å². The largest absolute Gasteiger partial charge is 0.314 e. The van der Waals surface area contributed by atoms with Crippen LogP contribution in [0.3, 0.4) is 0 Å². The van der Waals surface area contributed by atoms with Crippen molar-refractivity contribution in [3.8, 4) is 0 Å². The van der Waals surface area contributed by atoms with Crippen LogP contribution in [0.1, 0.15) is 6.92 Å². The zero-order valence-electron chi connectivity index (χ0n) is 4.69. The van der Waals surface area contributed by atoms with E-state index in [1.165, 1.54) is 0 Å². The smallest absolute Gasteiger partial charge is 0.251 e. The summed E-state index contributed by atoms with van der Waals surface area (Å²) in [6.07, 6.45) is 0.830. The van der Waals surface area contributed by atoms with Gasteiger partial charge in [-0.15, -0.1) is 0 Å². The lowest BCUT2D eigenvalue weighted by molar-refractivity contribution is -0.116. The number of amides is 1. The van der Waals surface area contributed by atoms with E-state index in [1.54, 1.807) is 6.92 Å². The summed E-state index contributed by atoms with van der Waals surface area (Å²) < 4.78 is 0. The van der Waals surface area contributed by atoms with E-state index in [9.17, 15) is 4.79 Å². The number of rotatable bonds is 2. The van der Waals surface area contributed by atoms with Crippen LogP contribution in [0.25, 0.3) is 0 Å². The van der Waals surface area contributed by atoms with Crippen molar-refractivity contribution < 1.29 is 4.79 Å². The van der Waals surface area contributed by atoms with E-state index in [2.05, 4.69) is 11.9 Å². The highest BCUT2D eigenvalue weighted by Crippen LogP contribution is 1.81. The molecule has 0 bridgehead atoms. The molecule has 0 aliphatic carbocycles. The minimum absolute atomic E-state index is 0.306. The van der Waals surface area contributed by atoms with Crippen molar-refractivity contribution in [2.75, 3.05) is 0 Å². The van der Waals surface area contributed by atoms with Crippen molar-refractivity contribution in [1.82, 2.24) is 5.32 Å². The molecule has 0 heterocycles. The van der Waals surface area contributed by atoms with E-state index in [1.807, 2.05) is 0 Å². The highest BCUT2D eigenvalue weighted by molar-refractivity contribution is 5.98. The lowest BCUT2D eigenvalue weighted by Gasteiger charge is -1.92. The van der Waals surface area contributed by atoms with Crippen molar-refractivity contribution in [1.29, 1.82) is 5.41 Å². The van der Waals surface area contributed by atoms with Gasteiger partial charge >= 0.3 is 0 Å². The fourth-order valence-electron chi connectivity index (χ4n) is 0.189. The van der Waals surface area contributed by atoms with Gasteiger partial charge in [-0.05, 0) is 6.92 Å². The van der Waals surface area contributed by atoms with Crippen LogP contribution in [-0.2, 0) is 4.79 Å². The van der Waals surface area contributed by atoms with Crippen LogP contribution in [0.5, 0.6) is 0 Å². The van der Waals surface area contributed by atoms with Crippen LogP contribution >= 0.6 is 0 Å². The van der Waals surface area contributed by atoms with E-state index >= 15 is 0 Å². The third kappa shape index (κ3) is 2.12. The highest BCUT2D eigenvalue weighted by Gasteiger charge is 1.94. The monoisotopic (exact) mass is 112 g/mol. The Labute approximate surface area is 47.9 Å². The molecule has 0 aliphatic rings. The van der Waals surface area contributed by atoms with Gasteiger partial charge in [-0.3, -0.25) is 10.2 Å². The van der Waals surface area contributed by atoms with Gasteiger partial charge in [0, 0.05) is 5.57 Å². The van der Waals surface area contributed by atoms with Crippen molar-refractivity contribution in [3.63, 3.8) is 0 Å². The summed E-state index contributed by atoms with van der Waals surface area (Å²) in [7, 11) is 0. The van der Waals surface area contributed by atoms with Gasteiger partial charge in [0.15, 0.2) is 0 Å². The molecular formula is C5H8N2O. The molecule has 3 nitrogen and oxygen atoms in total. The molecule has 0 aromatic carbocycles. The van der Waals surface area contributed by atoms with Crippen molar-refractivity contribution in [2.45, 2.75) is 6.92 Å². The van der Waals surface area contributed by atoms with Crippen molar-refractivity contribution in [2.24, 2.45) is 0 Å². The standard InChI is InChI=1S/C5H8N2O/c1-4(2)5(8)7-3-6/h3H,1H2,2H3,(H2,6,7,8). The second-order valence-corrected chi connectivity index (χ2v) is 1.40. The maximum atomic E-state index is 10.4. The Morgan fingerprint density at radius 1 is 1.88 bits per heavy atom. The summed E-state index contributed by atoms with van der Waals surface area (Å²) in [6.45, 7) is 4.94. The van der Waals surface area contributed by atoms with E-state index in [-0.39, 0.29) is 5.91 Å². The van der Waals surface area contributed by atoms with Gasteiger partial charge in [0.2, 0.25) is 0 Å². The summed E-state index contributed by atoms with van der Waals surface area (Å²) in [5, 5.41) is 8.58. The molecule has 0 atom stereocenters. The number of hydrogen-bond acceptors (Lipinski definition) is 2. The molecule has 2 N–H and O–H groups in total. The molecule has 44 valence electrons. The average Bonchev–Trinajstić information content (AvgIpc) is 1.67. The van der Waals surface area contributed by atoms with Gasteiger partial charge in [0.25, 0.3) is 5.91 Å². The summed E-state index contributed by atoms with van der Waals surface area (Å²) in [6, 6.07) is 0. The summed E-state index contributed by atoms with van der Waals surface area (Å²) in [5.74, 6) is -0.306. The van der Waals surface area contributed by atoms with E-state index in [0.29, 0.717) is 5.57 Å². The molecule has 0 aliphatic heterocycles. The van der Waals surface area contributed by atoms with Gasteiger partial charge in [-0.25, -0.2) is 0 Å². The Morgan fingerprint density at radius 2 is 2.38 bits per heavy atom. The second kappa shape index (κ2) is 2.96. The van der Waals surface area contributed by atoms with E-state index in [0.717, 1.165) is 6.34 Å². The maximum Gasteiger partial charge on any atom is 0.251 e. The Balaban J connectivity index is 3.65. The average molecular weight is 112 g/mol.